The van der Waals surface area contributed by atoms with Gasteiger partial charge in [0.25, 0.3) is 0 Å². The lowest BCUT2D eigenvalue weighted by Crippen LogP contribution is -2.28. The van der Waals surface area contributed by atoms with E-state index in [1.807, 2.05) is 0 Å². The Labute approximate surface area is 99.3 Å². The Morgan fingerprint density at radius 3 is 3.06 bits per heavy atom. The molecule has 16 heavy (non-hydrogen) atoms. The molecular formula is C12H14ClFO2. The summed E-state index contributed by atoms with van der Waals surface area (Å²) in [7, 11) is 0. The number of hydrogen-bond acceptors (Lipinski definition) is 2. The predicted octanol–water partition coefficient (Wildman–Crippen LogP) is 3.12. The zero-order valence-electron chi connectivity index (χ0n) is 8.92. The van der Waals surface area contributed by atoms with Crippen LogP contribution in [0.5, 0.6) is 5.75 Å². The molecule has 88 valence electrons. The Bertz CT molecular complexity index is 351. The lowest BCUT2D eigenvalue weighted by atomic mass is 10.1. The van der Waals surface area contributed by atoms with Gasteiger partial charge in [-0.1, -0.05) is 12.1 Å². The van der Waals surface area contributed by atoms with Crippen LogP contribution in [-0.4, -0.2) is 19.3 Å². The second-order valence-corrected chi connectivity index (χ2v) is 4.09. The van der Waals surface area contributed by atoms with Gasteiger partial charge in [-0.3, -0.25) is 0 Å². The minimum absolute atomic E-state index is 0.0624. The molecule has 0 saturated carbocycles. The monoisotopic (exact) mass is 244 g/mol. The number of rotatable bonds is 3. The Kier molecular flexibility index (Phi) is 4.02. The van der Waals surface area contributed by atoms with Crippen molar-refractivity contribution in [3.8, 4) is 5.75 Å². The van der Waals surface area contributed by atoms with Crippen molar-refractivity contribution in [3.63, 3.8) is 0 Å². The summed E-state index contributed by atoms with van der Waals surface area (Å²) >= 11 is 5.74. The van der Waals surface area contributed by atoms with Gasteiger partial charge in [-0.05, 0) is 18.9 Å². The molecule has 0 N–H and O–H groups in total. The molecule has 2 nitrogen and oxygen atoms in total. The molecule has 0 radical (unpaired) electrons. The van der Waals surface area contributed by atoms with E-state index in [9.17, 15) is 4.39 Å². The van der Waals surface area contributed by atoms with E-state index in [-0.39, 0.29) is 23.6 Å². The van der Waals surface area contributed by atoms with Crippen molar-refractivity contribution in [1.82, 2.24) is 0 Å². The quantitative estimate of drug-likeness (QED) is 0.761. The maximum Gasteiger partial charge on any atom is 0.165 e. The molecule has 1 aliphatic heterocycles. The first-order chi connectivity index (χ1) is 7.81. The smallest absolute Gasteiger partial charge is 0.165 e. The number of alkyl halides is 1. The molecule has 1 aromatic carbocycles. The van der Waals surface area contributed by atoms with Crippen molar-refractivity contribution in [2.45, 2.75) is 24.8 Å². The van der Waals surface area contributed by atoms with Gasteiger partial charge in [0.15, 0.2) is 11.6 Å². The molecule has 1 unspecified atom stereocenters. The molecule has 0 bridgehead atoms. The van der Waals surface area contributed by atoms with E-state index in [1.165, 1.54) is 6.07 Å². The van der Waals surface area contributed by atoms with Gasteiger partial charge in [-0.25, -0.2) is 4.39 Å². The lowest BCUT2D eigenvalue weighted by molar-refractivity contribution is 0.00555. The molecular weight excluding hydrogens is 231 g/mol. The van der Waals surface area contributed by atoms with Crippen LogP contribution in [0.4, 0.5) is 4.39 Å². The van der Waals surface area contributed by atoms with E-state index in [0.29, 0.717) is 12.2 Å². The van der Waals surface area contributed by atoms with Crippen LogP contribution in [0.1, 0.15) is 18.4 Å². The molecule has 4 heteroatoms. The van der Waals surface area contributed by atoms with E-state index in [2.05, 4.69) is 0 Å². The van der Waals surface area contributed by atoms with E-state index in [0.717, 1.165) is 19.4 Å². The number of halogens is 2. The maximum atomic E-state index is 13.6. The number of benzene rings is 1. The summed E-state index contributed by atoms with van der Waals surface area (Å²) in [5.41, 5.74) is 0.687. The third-order valence-electron chi connectivity index (χ3n) is 2.60. The van der Waals surface area contributed by atoms with Crippen LogP contribution in [0.3, 0.4) is 0 Å². The Hall–Kier alpha value is -0.800. The summed E-state index contributed by atoms with van der Waals surface area (Å²) in [4.78, 5) is 0. The fourth-order valence-corrected chi connectivity index (χ4v) is 1.97. The van der Waals surface area contributed by atoms with E-state index >= 15 is 0 Å². The van der Waals surface area contributed by atoms with Gasteiger partial charge < -0.3 is 9.47 Å². The largest absolute Gasteiger partial charge is 0.485 e. The van der Waals surface area contributed by atoms with Gasteiger partial charge in [-0.2, -0.15) is 0 Å². The van der Waals surface area contributed by atoms with Crippen LogP contribution >= 0.6 is 11.6 Å². The molecule has 1 saturated heterocycles. The van der Waals surface area contributed by atoms with Crippen LogP contribution in [0, 0.1) is 5.82 Å². The zero-order valence-corrected chi connectivity index (χ0v) is 9.67. The van der Waals surface area contributed by atoms with E-state index < -0.39 is 0 Å². The first-order valence-electron chi connectivity index (χ1n) is 5.39. The SMILES string of the molecule is Fc1cccc(CCl)c1OC1CCCOC1. The average Bonchev–Trinajstić information content (AvgIpc) is 2.33. The number of ether oxygens (including phenoxy) is 2. The second kappa shape index (κ2) is 5.51. The maximum absolute atomic E-state index is 13.6. The third-order valence-corrected chi connectivity index (χ3v) is 2.88. The minimum atomic E-state index is -0.358. The van der Waals surface area contributed by atoms with Crippen molar-refractivity contribution >= 4 is 11.6 Å². The summed E-state index contributed by atoms with van der Waals surface area (Å²) in [5, 5.41) is 0. The second-order valence-electron chi connectivity index (χ2n) is 3.82. The van der Waals surface area contributed by atoms with Gasteiger partial charge in [0.05, 0.1) is 12.5 Å². The van der Waals surface area contributed by atoms with E-state index in [4.69, 9.17) is 21.1 Å². The fourth-order valence-electron chi connectivity index (χ4n) is 1.76. The summed E-state index contributed by atoms with van der Waals surface area (Å²) in [6.45, 7) is 1.29. The standard InChI is InChI=1S/C12H14ClFO2/c13-7-9-3-1-5-11(14)12(9)16-10-4-2-6-15-8-10/h1,3,5,10H,2,4,6-8H2. The van der Waals surface area contributed by atoms with Gasteiger partial charge in [0.2, 0.25) is 0 Å². The summed E-state index contributed by atoms with van der Waals surface area (Å²) < 4.78 is 24.5. The average molecular weight is 245 g/mol. The van der Waals surface area contributed by atoms with Gasteiger partial charge in [0.1, 0.15) is 6.10 Å². The van der Waals surface area contributed by atoms with Gasteiger partial charge in [-0.15, -0.1) is 11.6 Å². The molecule has 2 rings (SSSR count). The Balaban J connectivity index is 2.12. The molecule has 0 amide bonds. The summed E-state index contributed by atoms with van der Waals surface area (Å²) in [6, 6.07) is 4.79. The number of para-hydroxylation sites is 1. The van der Waals surface area contributed by atoms with Gasteiger partial charge in [0, 0.05) is 12.2 Å². The predicted molar refractivity (Wildman–Crippen MR) is 60.4 cm³/mol. The van der Waals surface area contributed by atoms with Crippen molar-refractivity contribution in [1.29, 1.82) is 0 Å². The summed E-state index contributed by atoms with van der Waals surface area (Å²) in [6.07, 6.45) is 1.79. The molecule has 0 spiro atoms. The van der Waals surface area contributed by atoms with Crippen LogP contribution in [0.2, 0.25) is 0 Å². The van der Waals surface area contributed by atoms with Crippen LogP contribution < -0.4 is 4.74 Å². The topological polar surface area (TPSA) is 18.5 Å². The highest BCUT2D eigenvalue weighted by Crippen LogP contribution is 2.26. The highest BCUT2D eigenvalue weighted by molar-refractivity contribution is 6.17. The molecule has 1 aliphatic rings. The van der Waals surface area contributed by atoms with Crippen LogP contribution in [-0.2, 0) is 10.6 Å². The molecule has 1 atom stereocenters. The first kappa shape index (κ1) is 11.7. The highest BCUT2D eigenvalue weighted by atomic mass is 35.5. The minimum Gasteiger partial charge on any atom is -0.485 e. The van der Waals surface area contributed by atoms with Crippen LogP contribution in [0.15, 0.2) is 18.2 Å². The van der Waals surface area contributed by atoms with Crippen LogP contribution in [0.25, 0.3) is 0 Å². The lowest BCUT2D eigenvalue weighted by Gasteiger charge is -2.24. The molecule has 1 heterocycles. The normalized spacial score (nSPS) is 20.8. The third kappa shape index (κ3) is 2.66. The van der Waals surface area contributed by atoms with Gasteiger partial charge >= 0.3 is 0 Å². The number of hydrogen-bond donors (Lipinski definition) is 0. The Morgan fingerprint density at radius 2 is 2.38 bits per heavy atom. The Morgan fingerprint density at radius 1 is 1.50 bits per heavy atom. The molecule has 1 aromatic rings. The zero-order chi connectivity index (χ0) is 11.4. The highest BCUT2D eigenvalue weighted by Gasteiger charge is 2.18. The molecule has 0 aromatic heterocycles. The van der Waals surface area contributed by atoms with Crippen molar-refractivity contribution in [2.75, 3.05) is 13.2 Å². The molecule has 1 fully saturated rings. The van der Waals surface area contributed by atoms with Crippen molar-refractivity contribution < 1.29 is 13.9 Å². The van der Waals surface area contributed by atoms with Crippen molar-refractivity contribution in [2.24, 2.45) is 0 Å². The van der Waals surface area contributed by atoms with Crippen molar-refractivity contribution in [3.05, 3.63) is 29.6 Å². The van der Waals surface area contributed by atoms with E-state index in [1.54, 1.807) is 12.1 Å². The molecule has 0 aliphatic carbocycles. The fraction of sp³-hybridized carbons (Fsp3) is 0.500. The first-order valence-corrected chi connectivity index (χ1v) is 5.92. The summed E-state index contributed by atoms with van der Waals surface area (Å²) in [5.74, 6) is 0.164.